The van der Waals surface area contributed by atoms with Crippen LogP contribution in [0.3, 0.4) is 0 Å². The summed E-state index contributed by atoms with van der Waals surface area (Å²) >= 11 is 3.43. The van der Waals surface area contributed by atoms with Crippen LogP contribution in [0.4, 0.5) is 0 Å². The van der Waals surface area contributed by atoms with E-state index in [9.17, 15) is 5.11 Å². The first kappa shape index (κ1) is 17.9. The standard InChI is InChI=1S/C15H22BrNO2.ClH/c1-2-15(18,13-3-5-14(16)6-4-13)7-8-17-9-11-19-12-10-17;/h3-6,18H,2,7-12H2,1H3;1H. The van der Waals surface area contributed by atoms with Crippen molar-refractivity contribution in [1.29, 1.82) is 0 Å². The largest absolute Gasteiger partial charge is 0.385 e. The minimum Gasteiger partial charge on any atom is -0.385 e. The lowest BCUT2D eigenvalue weighted by molar-refractivity contribution is -0.00693. The van der Waals surface area contributed by atoms with Gasteiger partial charge in [-0.05, 0) is 30.5 Å². The molecule has 0 radical (unpaired) electrons. The summed E-state index contributed by atoms with van der Waals surface area (Å²) in [5.74, 6) is 0. The average Bonchev–Trinajstić information content (AvgIpc) is 2.46. The van der Waals surface area contributed by atoms with Gasteiger partial charge in [0, 0.05) is 24.1 Å². The van der Waals surface area contributed by atoms with Crippen molar-refractivity contribution >= 4 is 28.3 Å². The molecule has 3 nitrogen and oxygen atoms in total. The number of halogens is 2. The first-order valence-corrected chi connectivity index (χ1v) is 7.72. The molecule has 1 unspecified atom stereocenters. The number of aliphatic hydroxyl groups is 1. The summed E-state index contributed by atoms with van der Waals surface area (Å²) in [6, 6.07) is 8.00. The van der Waals surface area contributed by atoms with Crippen molar-refractivity contribution in [3.63, 3.8) is 0 Å². The van der Waals surface area contributed by atoms with Crippen molar-refractivity contribution in [2.24, 2.45) is 0 Å². The van der Waals surface area contributed by atoms with E-state index in [2.05, 4.69) is 20.8 Å². The van der Waals surface area contributed by atoms with E-state index in [4.69, 9.17) is 4.74 Å². The molecule has 20 heavy (non-hydrogen) atoms. The molecule has 1 aliphatic rings. The summed E-state index contributed by atoms with van der Waals surface area (Å²) in [4.78, 5) is 2.36. The van der Waals surface area contributed by atoms with Crippen molar-refractivity contribution in [2.45, 2.75) is 25.4 Å². The number of rotatable bonds is 5. The Morgan fingerprint density at radius 3 is 2.40 bits per heavy atom. The van der Waals surface area contributed by atoms with Crippen molar-refractivity contribution in [1.82, 2.24) is 4.90 Å². The minimum absolute atomic E-state index is 0. The van der Waals surface area contributed by atoms with Gasteiger partial charge < -0.3 is 9.84 Å². The highest BCUT2D eigenvalue weighted by molar-refractivity contribution is 9.10. The molecule has 1 aromatic carbocycles. The van der Waals surface area contributed by atoms with Gasteiger partial charge in [-0.15, -0.1) is 12.4 Å². The maximum absolute atomic E-state index is 10.8. The molecule has 0 aliphatic carbocycles. The van der Waals surface area contributed by atoms with Gasteiger partial charge in [0.1, 0.15) is 0 Å². The highest BCUT2D eigenvalue weighted by Crippen LogP contribution is 2.30. The van der Waals surface area contributed by atoms with Gasteiger partial charge in [-0.25, -0.2) is 0 Å². The van der Waals surface area contributed by atoms with Crippen LogP contribution in [0.5, 0.6) is 0 Å². The van der Waals surface area contributed by atoms with Crippen LogP contribution < -0.4 is 0 Å². The highest BCUT2D eigenvalue weighted by atomic mass is 79.9. The van der Waals surface area contributed by atoms with E-state index in [1.807, 2.05) is 31.2 Å². The number of benzene rings is 1. The number of hydrogen-bond acceptors (Lipinski definition) is 3. The Balaban J connectivity index is 0.00000200. The average molecular weight is 365 g/mol. The number of nitrogens with zero attached hydrogens (tertiary/aromatic N) is 1. The molecule has 1 aliphatic heterocycles. The van der Waals surface area contributed by atoms with Crippen LogP contribution in [0, 0.1) is 0 Å². The fourth-order valence-electron chi connectivity index (χ4n) is 2.45. The molecule has 0 saturated carbocycles. The minimum atomic E-state index is -0.723. The molecule has 114 valence electrons. The van der Waals surface area contributed by atoms with Crippen LogP contribution in [-0.4, -0.2) is 42.9 Å². The molecule has 0 spiro atoms. The van der Waals surface area contributed by atoms with Gasteiger partial charge in [0.05, 0.1) is 18.8 Å². The summed E-state index contributed by atoms with van der Waals surface area (Å²) in [6.45, 7) is 6.52. The van der Waals surface area contributed by atoms with E-state index >= 15 is 0 Å². The molecule has 5 heteroatoms. The fourth-order valence-corrected chi connectivity index (χ4v) is 2.72. The zero-order chi connectivity index (χ0) is 13.7. The molecule has 1 aromatic rings. The molecular formula is C15H23BrClNO2. The molecule has 2 rings (SSSR count). The Morgan fingerprint density at radius 1 is 1.25 bits per heavy atom. The van der Waals surface area contributed by atoms with Crippen molar-refractivity contribution in [2.75, 3.05) is 32.8 Å². The lowest BCUT2D eigenvalue weighted by Crippen LogP contribution is -2.39. The summed E-state index contributed by atoms with van der Waals surface area (Å²) in [5.41, 5.74) is 0.283. The highest BCUT2D eigenvalue weighted by Gasteiger charge is 2.27. The predicted octanol–water partition coefficient (Wildman–Crippen LogP) is 3.19. The molecule has 0 amide bonds. The van der Waals surface area contributed by atoms with Crippen LogP contribution >= 0.6 is 28.3 Å². The van der Waals surface area contributed by atoms with Crippen molar-refractivity contribution < 1.29 is 9.84 Å². The summed E-state index contributed by atoms with van der Waals surface area (Å²) in [7, 11) is 0. The Hall–Kier alpha value is -0.130. The quantitative estimate of drug-likeness (QED) is 0.871. The van der Waals surface area contributed by atoms with Gasteiger partial charge in [0.15, 0.2) is 0 Å². The van der Waals surface area contributed by atoms with Gasteiger partial charge in [0.2, 0.25) is 0 Å². The SMILES string of the molecule is CCC(O)(CCN1CCOCC1)c1ccc(Br)cc1.Cl. The molecular weight excluding hydrogens is 342 g/mol. The first-order valence-electron chi connectivity index (χ1n) is 6.92. The lowest BCUT2D eigenvalue weighted by Gasteiger charge is -2.32. The molecule has 0 bridgehead atoms. The maximum atomic E-state index is 10.8. The third-order valence-electron chi connectivity index (χ3n) is 3.91. The Kier molecular flexibility index (Phi) is 7.48. The van der Waals surface area contributed by atoms with Crippen LogP contribution in [-0.2, 0) is 10.3 Å². The fraction of sp³-hybridized carbons (Fsp3) is 0.600. The van der Waals surface area contributed by atoms with E-state index in [1.54, 1.807) is 0 Å². The van der Waals surface area contributed by atoms with Gasteiger partial charge in [-0.2, -0.15) is 0 Å². The van der Waals surface area contributed by atoms with Crippen LogP contribution in [0.2, 0.25) is 0 Å². The zero-order valence-electron chi connectivity index (χ0n) is 11.8. The third kappa shape index (κ3) is 4.71. The summed E-state index contributed by atoms with van der Waals surface area (Å²) in [5, 5.41) is 10.8. The molecule has 0 aromatic heterocycles. The van der Waals surface area contributed by atoms with Gasteiger partial charge in [-0.1, -0.05) is 35.0 Å². The number of ether oxygens (including phenoxy) is 1. The Morgan fingerprint density at radius 2 is 1.85 bits per heavy atom. The van der Waals surface area contributed by atoms with E-state index in [0.717, 1.165) is 55.7 Å². The van der Waals surface area contributed by atoms with E-state index in [1.165, 1.54) is 0 Å². The Labute approximate surface area is 135 Å². The lowest BCUT2D eigenvalue weighted by atomic mass is 9.88. The molecule has 1 atom stereocenters. The molecule has 1 heterocycles. The normalized spacial score (nSPS) is 19.1. The van der Waals surface area contributed by atoms with E-state index in [0.29, 0.717) is 0 Å². The smallest absolute Gasteiger partial charge is 0.0906 e. The van der Waals surface area contributed by atoms with E-state index < -0.39 is 5.60 Å². The molecule has 1 saturated heterocycles. The van der Waals surface area contributed by atoms with Crippen molar-refractivity contribution in [3.05, 3.63) is 34.3 Å². The summed E-state index contributed by atoms with van der Waals surface area (Å²) < 4.78 is 6.39. The second-order valence-corrected chi connectivity index (χ2v) is 6.01. The topological polar surface area (TPSA) is 32.7 Å². The zero-order valence-corrected chi connectivity index (χ0v) is 14.3. The van der Waals surface area contributed by atoms with Gasteiger partial charge in [-0.3, -0.25) is 4.90 Å². The number of hydrogen-bond donors (Lipinski definition) is 1. The van der Waals surface area contributed by atoms with Crippen LogP contribution in [0.15, 0.2) is 28.7 Å². The molecule has 1 N–H and O–H groups in total. The van der Waals surface area contributed by atoms with Crippen molar-refractivity contribution in [3.8, 4) is 0 Å². The second-order valence-electron chi connectivity index (χ2n) is 5.10. The molecule has 1 fully saturated rings. The van der Waals surface area contributed by atoms with Gasteiger partial charge in [0.25, 0.3) is 0 Å². The number of morpholine rings is 1. The van der Waals surface area contributed by atoms with Crippen LogP contribution in [0.25, 0.3) is 0 Å². The Bertz CT molecular complexity index is 395. The first-order chi connectivity index (χ1) is 9.14. The monoisotopic (exact) mass is 363 g/mol. The maximum Gasteiger partial charge on any atom is 0.0906 e. The van der Waals surface area contributed by atoms with Crippen LogP contribution in [0.1, 0.15) is 25.3 Å². The van der Waals surface area contributed by atoms with Gasteiger partial charge >= 0.3 is 0 Å². The summed E-state index contributed by atoms with van der Waals surface area (Å²) in [6.07, 6.45) is 1.50. The predicted molar refractivity (Wildman–Crippen MR) is 87.5 cm³/mol. The third-order valence-corrected chi connectivity index (χ3v) is 4.44. The second kappa shape index (κ2) is 8.35. The van der Waals surface area contributed by atoms with E-state index in [-0.39, 0.29) is 12.4 Å².